The van der Waals surface area contributed by atoms with E-state index in [1.807, 2.05) is 32.0 Å². The number of hydrogen-bond acceptors (Lipinski definition) is 2. The van der Waals surface area contributed by atoms with Crippen LogP contribution >= 0.6 is 0 Å². The number of aryl methyl sites for hydroxylation is 2. The molecule has 0 bridgehead atoms. The lowest BCUT2D eigenvalue weighted by molar-refractivity contribution is -0.134. The van der Waals surface area contributed by atoms with E-state index in [0.29, 0.717) is 12.2 Å². The van der Waals surface area contributed by atoms with Gasteiger partial charge in [0.2, 0.25) is 0 Å². The number of benzene rings is 1. The number of rotatable bonds is 2. The van der Waals surface area contributed by atoms with Crippen LogP contribution in [0.2, 0.25) is 0 Å². The summed E-state index contributed by atoms with van der Waals surface area (Å²) in [5.74, 6) is 0.487. The molecule has 0 spiro atoms. The van der Waals surface area contributed by atoms with Crippen molar-refractivity contribution in [1.82, 2.24) is 0 Å². The first kappa shape index (κ1) is 9.78. The Morgan fingerprint density at radius 1 is 1.38 bits per heavy atom. The molecule has 0 aliphatic rings. The van der Waals surface area contributed by atoms with E-state index in [9.17, 15) is 4.79 Å². The van der Waals surface area contributed by atoms with E-state index >= 15 is 0 Å². The SMILES string of the molecule is CCC(=O)Oc1cc(C)ccc1C. The summed E-state index contributed by atoms with van der Waals surface area (Å²) >= 11 is 0. The molecule has 0 radical (unpaired) electrons. The molecule has 70 valence electrons. The molecule has 0 N–H and O–H groups in total. The average Bonchev–Trinajstić information content (AvgIpc) is 2.11. The van der Waals surface area contributed by atoms with Crippen LogP contribution in [-0.4, -0.2) is 5.97 Å². The van der Waals surface area contributed by atoms with Crippen LogP contribution in [0.15, 0.2) is 18.2 Å². The van der Waals surface area contributed by atoms with Crippen molar-refractivity contribution < 1.29 is 9.53 Å². The molecule has 1 rings (SSSR count). The predicted octanol–water partition coefficient (Wildman–Crippen LogP) is 2.62. The van der Waals surface area contributed by atoms with E-state index in [1.54, 1.807) is 6.92 Å². The van der Waals surface area contributed by atoms with Gasteiger partial charge in [0.1, 0.15) is 5.75 Å². The fourth-order valence-electron chi connectivity index (χ4n) is 1.01. The fourth-order valence-corrected chi connectivity index (χ4v) is 1.01. The molecule has 0 aromatic heterocycles. The molecule has 1 aromatic carbocycles. The molecule has 2 nitrogen and oxygen atoms in total. The van der Waals surface area contributed by atoms with Gasteiger partial charge in [-0.3, -0.25) is 4.79 Å². The molecule has 0 aliphatic heterocycles. The zero-order chi connectivity index (χ0) is 9.84. The highest BCUT2D eigenvalue weighted by atomic mass is 16.5. The Morgan fingerprint density at radius 2 is 2.08 bits per heavy atom. The topological polar surface area (TPSA) is 26.3 Å². The van der Waals surface area contributed by atoms with E-state index in [1.165, 1.54) is 0 Å². The normalized spacial score (nSPS) is 9.77. The van der Waals surface area contributed by atoms with E-state index in [4.69, 9.17) is 4.74 Å². The molecule has 0 heterocycles. The first-order valence-electron chi connectivity index (χ1n) is 4.41. The third-order valence-corrected chi connectivity index (χ3v) is 1.86. The van der Waals surface area contributed by atoms with Crippen molar-refractivity contribution in [1.29, 1.82) is 0 Å². The zero-order valence-corrected chi connectivity index (χ0v) is 8.26. The van der Waals surface area contributed by atoms with Gasteiger partial charge in [-0.1, -0.05) is 19.1 Å². The molecular formula is C11H14O2. The molecule has 0 saturated carbocycles. The van der Waals surface area contributed by atoms with Gasteiger partial charge in [0.25, 0.3) is 0 Å². The second kappa shape index (κ2) is 4.08. The standard InChI is InChI=1S/C11H14O2/c1-4-11(12)13-10-7-8(2)5-6-9(10)3/h5-7H,4H2,1-3H3. The molecule has 13 heavy (non-hydrogen) atoms. The Morgan fingerprint density at radius 3 is 2.69 bits per heavy atom. The van der Waals surface area contributed by atoms with Gasteiger partial charge in [-0.05, 0) is 31.0 Å². The van der Waals surface area contributed by atoms with Crippen molar-refractivity contribution in [2.24, 2.45) is 0 Å². The summed E-state index contributed by atoms with van der Waals surface area (Å²) in [5.41, 5.74) is 2.09. The number of carbonyl (C=O) groups excluding carboxylic acids is 1. The monoisotopic (exact) mass is 178 g/mol. The van der Waals surface area contributed by atoms with Crippen molar-refractivity contribution in [2.45, 2.75) is 27.2 Å². The minimum Gasteiger partial charge on any atom is -0.426 e. The summed E-state index contributed by atoms with van der Waals surface area (Å²) < 4.78 is 5.14. The Balaban J connectivity index is 2.87. The van der Waals surface area contributed by atoms with Crippen LogP contribution in [-0.2, 0) is 4.79 Å². The Kier molecular flexibility index (Phi) is 3.07. The Labute approximate surface area is 78.5 Å². The number of hydrogen-bond donors (Lipinski definition) is 0. The van der Waals surface area contributed by atoms with Crippen LogP contribution < -0.4 is 4.74 Å². The Bertz CT molecular complexity index is 316. The minimum atomic E-state index is -0.186. The first-order chi connectivity index (χ1) is 6.13. The minimum absolute atomic E-state index is 0.186. The fraction of sp³-hybridized carbons (Fsp3) is 0.364. The van der Waals surface area contributed by atoms with Crippen LogP contribution in [0.5, 0.6) is 5.75 Å². The lowest BCUT2D eigenvalue weighted by Gasteiger charge is -2.06. The molecule has 0 fully saturated rings. The smallest absolute Gasteiger partial charge is 0.310 e. The number of esters is 1. The van der Waals surface area contributed by atoms with Crippen LogP contribution in [0.3, 0.4) is 0 Å². The maximum Gasteiger partial charge on any atom is 0.310 e. The lowest BCUT2D eigenvalue weighted by Crippen LogP contribution is -2.06. The van der Waals surface area contributed by atoms with Crippen LogP contribution in [0.4, 0.5) is 0 Å². The molecule has 0 amide bonds. The maximum absolute atomic E-state index is 11.0. The van der Waals surface area contributed by atoms with E-state index in [0.717, 1.165) is 11.1 Å². The Hall–Kier alpha value is -1.31. The molecular weight excluding hydrogens is 164 g/mol. The summed E-state index contributed by atoms with van der Waals surface area (Å²) in [4.78, 5) is 11.0. The van der Waals surface area contributed by atoms with Gasteiger partial charge < -0.3 is 4.74 Å². The van der Waals surface area contributed by atoms with Crippen LogP contribution in [0.1, 0.15) is 24.5 Å². The summed E-state index contributed by atoms with van der Waals surface area (Å²) in [7, 11) is 0. The quantitative estimate of drug-likeness (QED) is 0.514. The molecule has 0 saturated heterocycles. The molecule has 0 unspecified atom stereocenters. The number of ether oxygens (including phenoxy) is 1. The van der Waals surface area contributed by atoms with E-state index in [-0.39, 0.29) is 5.97 Å². The van der Waals surface area contributed by atoms with Crippen molar-refractivity contribution >= 4 is 5.97 Å². The number of carbonyl (C=O) groups is 1. The van der Waals surface area contributed by atoms with Gasteiger partial charge in [0.15, 0.2) is 0 Å². The van der Waals surface area contributed by atoms with Gasteiger partial charge in [-0.25, -0.2) is 0 Å². The summed E-state index contributed by atoms with van der Waals surface area (Å²) in [6.07, 6.45) is 0.410. The van der Waals surface area contributed by atoms with E-state index < -0.39 is 0 Å². The van der Waals surface area contributed by atoms with Gasteiger partial charge in [0.05, 0.1) is 0 Å². The third-order valence-electron chi connectivity index (χ3n) is 1.86. The zero-order valence-electron chi connectivity index (χ0n) is 8.26. The summed E-state index contributed by atoms with van der Waals surface area (Å²) in [5, 5.41) is 0. The van der Waals surface area contributed by atoms with Crippen molar-refractivity contribution in [2.75, 3.05) is 0 Å². The molecule has 0 aliphatic carbocycles. The van der Waals surface area contributed by atoms with Crippen LogP contribution in [0.25, 0.3) is 0 Å². The van der Waals surface area contributed by atoms with Crippen molar-refractivity contribution in [3.05, 3.63) is 29.3 Å². The maximum atomic E-state index is 11.0. The van der Waals surface area contributed by atoms with Gasteiger partial charge in [-0.15, -0.1) is 0 Å². The second-order valence-electron chi connectivity index (χ2n) is 3.10. The predicted molar refractivity (Wildman–Crippen MR) is 51.8 cm³/mol. The highest BCUT2D eigenvalue weighted by Gasteiger charge is 2.04. The summed E-state index contributed by atoms with van der Waals surface area (Å²) in [6, 6.07) is 5.83. The van der Waals surface area contributed by atoms with Crippen LogP contribution in [0, 0.1) is 13.8 Å². The molecule has 0 atom stereocenters. The van der Waals surface area contributed by atoms with E-state index in [2.05, 4.69) is 0 Å². The van der Waals surface area contributed by atoms with Gasteiger partial charge in [0, 0.05) is 6.42 Å². The first-order valence-corrected chi connectivity index (χ1v) is 4.41. The summed E-state index contributed by atoms with van der Waals surface area (Å²) in [6.45, 7) is 5.69. The van der Waals surface area contributed by atoms with Gasteiger partial charge in [-0.2, -0.15) is 0 Å². The molecule has 1 aromatic rings. The highest BCUT2D eigenvalue weighted by molar-refractivity contribution is 5.72. The van der Waals surface area contributed by atoms with Crippen molar-refractivity contribution in [3.8, 4) is 5.75 Å². The van der Waals surface area contributed by atoms with Gasteiger partial charge >= 0.3 is 5.97 Å². The van der Waals surface area contributed by atoms with Crippen molar-refractivity contribution in [3.63, 3.8) is 0 Å². The second-order valence-corrected chi connectivity index (χ2v) is 3.10. The highest BCUT2D eigenvalue weighted by Crippen LogP contribution is 2.19. The third kappa shape index (κ3) is 2.58. The average molecular weight is 178 g/mol. The molecule has 2 heteroatoms. The lowest BCUT2D eigenvalue weighted by atomic mass is 10.1. The largest absolute Gasteiger partial charge is 0.426 e.